The second-order valence-electron chi connectivity index (χ2n) is 3.78. The SMILES string of the molecule is C[C@H]1CN(c2cccc(F)c2)CCN1. The Labute approximate surface area is 83.7 Å². The van der Waals surface area contributed by atoms with Crippen LogP contribution < -0.4 is 10.2 Å². The molecule has 0 aromatic heterocycles. The maximum absolute atomic E-state index is 13.0. The number of nitrogens with zero attached hydrogens (tertiary/aromatic N) is 1. The quantitative estimate of drug-likeness (QED) is 0.731. The molecule has 2 nitrogen and oxygen atoms in total. The second-order valence-corrected chi connectivity index (χ2v) is 3.78. The molecule has 14 heavy (non-hydrogen) atoms. The zero-order valence-electron chi connectivity index (χ0n) is 8.33. The average molecular weight is 194 g/mol. The van der Waals surface area contributed by atoms with Gasteiger partial charge in [-0.2, -0.15) is 0 Å². The third-order valence-corrected chi connectivity index (χ3v) is 2.54. The lowest BCUT2D eigenvalue weighted by molar-refractivity contribution is 0.484. The van der Waals surface area contributed by atoms with Crippen LogP contribution in [0.2, 0.25) is 0 Å². The lowest BCUT2D eigenvalue weighted by Gasteiger charge is -2.33. The van der Waals surface area contributed by atoms with Crippen LogP contribution in [0.15, 0.2) is 24.3 Å². The third-order valence-electron chi connectivity index (χ3n) is 2.54. The van der Waals surface area contributed by atoms with Gasteiger partial charge in [0.25, 0.3) is 0 Å². The van der Waals surface area contributed by atoms with Crippen molar-refractivity contribution in [1.82, 2.24) is 5.32 Å². The minimum atomic E-state index is -0.159. The zero-order chi connectivity index (χ0) is 9.97. The average Bonchev–Trinajstić information content (AvgIpc) is 2.18. The lowest BCUT2D eigenvalue weighted by Crippen LogP contribution is -2.49. The molecule has 1 fully saturated rings. The summed E-state index contributed by atoms with van der Waals surface area (Å²) in [5.41, 5.74) is 0.985. The van der Waals surface area contributed by atoms with Crippen LogP contribution in [0.25, 0.3) is 0 Å². The van der Waals surface area contributed by atoms with Crippen LogP contribution in [-0.4, -0.2) is 25.7 Å². The summed E-state index contributed by atoms with van der Waals surface area (Å²) in [7, 11) is 0. The number of rotatable bonds is 1. The molecule has 76 valence electrons. The fourth-order valence-corrected chi connectivity index (χ4v) is 1.84. The molecule has 0 spiro atoms. The van der Waals surface area contributed by atoms with Gasteiger partial charge < -0.3 is 10.2 Å². The molecule has 0 amide bonds. The molecule has 1 aliphatic heterocycles. The van der Waals surface area contributed by atoms with E-state index in [9.17, 15) is 4.39 Å². The van der Waals surface area contributed by atoms with Crippen LogP contribution in [0.3, 0.4) is 0 Å². The highest BCUT2D eigenvalue weighted by Gasteiger charge is 2.15. The van der Waals surface area contributed by atoms with E-state index in [1.165, 1.54) is 6.07 Å². The van der Waals surface area contributed by atoms with Gasteiger partial charge in [-0.25, -0.2) is 4.39 Å². The van der Waals surface area contributed by atoms with E-state index in [1.807, 2.05) is 6.07 Å². The minimum absolute atomic E-state index is 0.159. The van der Waals surface area contributed by atoms with Crippen molar-refractivity contribution in [3.05, 3.63) is 30.1 Å². The van der Waals surface area contributed by atoms with Crippen molar-refractivity contribution in [3.8, 4) is 0 Å². The highest BCUT2D eigenvalue weighted by molar-refractivity contribution is 5.47. The third kappa shape index (κ3) is 2.04. The summed E-state index contributed by atoms with van der Waals surface area (Å²) in [5.74, 6) is -0.159. The predicted molar refractivity (Wildman–Crippen MR) is 56.1 cm³/mol. The monoisotopic (exact) mass is 194 g/mol. The van der Waals surface area contributed by atoms with Crippen molar-refractivity contribution >= 4 is 5.69 Å². The van der Waals surface area contributed by atoms with Gasteiger partial charge in [0.2, 0.25) is 0 Å². The number of benzene rings is 1. The largest absolute Gasteiger partial charge is 0.369 e. The highest BCUT2D eigenvalue weighted by Crippen LogP contribution is 2.16. The van der Waals surface area contributed by atoms with Gasteiger partial charge in [-0.05, 0) is 25.1 Å². The van der Waals surface area contributed by atoms with Gasteiger partial charge in [-0.3, -0.25) is 0 Å². The predicted octanol–water partition coefficient (Wildman–Crippen LogP) is 1.62. The molecular weight excluding hydrogens is 179 g/mol. The topological polar surface area (TPSA) is 15.3 Å². The van der Waals surface area contributed by atoms with Crippen LogP contribution in [0.5, 0.6) is 0 Å². The number of piperazine rings is 1. The minimum Gasteiger partial charge on any atom is -0.369 e. The van der Waals surface area contributed by atoms with Crippen LogP contribution in [0.4, 0.5) is 10.1 Å². The first-order chi connectivity index (χ1) is 6.75. The Kier molecular flexibility index (Phi) is 2.68. The van der Waals surface area contributed by atoms with Crippen LogP contribution in [0, 0.1) is 5.82 Å². The highest BCUT2D eigenvalue weighted by atomic mass is 19.1. The van der Waals surface area contributed by atoms with Gasteiger partial charge in [0.1, 0.15) is 5.82 Å². The summed E-state index contributed by atoms with van der Waals surface area (Å²) in [6.45, 7) is 5.01. The van der Waals surface area contributed by atoms with Crippen molar-refractivity contribution in [1.29, 1.82) is 0 Å². The fraction of sp³-hybridized carbons (Fsp3) is 0.455. The first-order valence-corrected chi connectivity index (χ1v) is 4.99. The fourth-order valence-electron chi connectivity index (χ4n) is 1.84. The summed E-state index contributed by atoms with van der Waals surface area (Å²) in [4.78, 5) is 2.21. The Morgan fingerprint density at radius 2 is 2.36 bits per heavy atom. The number of hydrogen-bond acceptors (Lipinski definition) is 2. The smallest absolute Gasteiger partial charge is 0.125 e. The Morgan fingerprint density at radius 3 is 3.07 bits per heavy atom. The number of hydrogen-bond donors (Lipinski definition) is 1. The Morgan fingerprint density at radius 1 is 1.50 bits per heavy atom. The second kappa shape index (κ2) is 3.96. The van der Waals surface area contributed by atoms with E-state index in [0.29, 0.717) is 6.04 Å². The number of halogens is 1. The molecule has 1 aromatic carbocycles. The summed E-state index contributed by atoms with van der Waals surface area (Å²) in [5, 5.41) is 3.36. The molecule has 0 aliphatic carbocycles. The van der Waals surface area contributed by atoms with Gasteiger partial charge in [-0.15, -0.1) is 0 Å². The molecule has 0 radical (unpaired) electrons. The first kappa shape index (κ1) is 9.46. The maximum atomic E-state index is 13.0. The van der Waals surface area contributed by atoms with E-state index in [1.54, 1.807) is 12.1 Å². The van der Waals surface area contributed by atoms with Crippen molar-refractivity contribution in [2.75, 3.05) is 24.5 Å². The molecule has 0 bridgehead atoms. The van der Waals surface area contributed by atoms with Gasteiger partial charge in [0.05, 0.1) is 0 Å². The standard InChI is InChI=1S/C11H15FN2/c1-9-8-14(6-5-13-9)11-4-2-3-10(12)7-11/h2-4,7,9,13H,5-6,8H2,1H3/t9-/m0/s1. The van der Waals surface area contributed by atoms with E-state index < -0.39 is 0 Å². The maximum Gasteiger partial charge on any atom is 0.125 e. The van der Waals surface area contributed by atoms with E-state index in [2.05, 4.69) is 17.1 Å². The summed E-state index contributed by atoms with van der Waals surface area (Å²) >= 11 is 0. The molecule has 1 N–H and O–H groups in total. The van der Waals surface area contributed by atoms with Gasteiger partial charge in [0.15, 0.2) is 0 Å². The van der Waals surface area contributed by atoms with Crippen LogP contribution in [-0.2, 0) is 0 Å². The molecular formula is C11H15FN2. The zero-order valence-corrected chi connectivity index (χ0v) is 8.33. The molecule has 1 saturated heterocycles. The Hall–Kier alpha value is -1.09. The Bertz CT molecular complexity index is 314. The first-order valence-electron chi connectivity index (χ1n) is 4.99. The van der Waals surface area contributed by atoms with Crippen molar-refractivity contribution < 1.29 is 4.39 Å². The summed E-state index contributed by atoms with van der Waals surface area (Å²) < 4.78 is 13.0. The number of nitrogens with one attached hydrogen (secondary N) is 1. The van der Waals surface area contributed by atoms with Crippen molar-refractivity contribution in [2.24, 2.45) is 0 Å². The van der Waals surface area contributed by atoms with Crippen LogP contribution in [0.1, 0.15) is 6.92 Å². The van der Waals surface area contributed by atoms with Gasteiger partial charge in [-0.1, -0.05) is 6.07 Å². The van der Waals surface area contributed by atoms with Crippen LogP contribution >= 0.6 is 0 Å². The van der Waals surface area contributed by atoms with Crippen molar-refractivity contribution in [2.45, 2.75) is 13.0 Å². The van der Waals surface area contributed by atoms with E-state index in [0.717, 1.165) is 25.3 Å². The molecule has 1 heterocycles. The van der Waals surface area contributed by atoms with E-state index in [4.69, 9.17) is 0 Å². The molecule has 0 unspecified atom stereocenters. The number of anilines is 1. The van der Waals surface area contributed by atoms with E-state index >= 15 is 0 Å². The lowest BCUT2D eigenvalue weighted by atomic mass is 10.2. The normalized spacial score (nSPS) is 22.4. The van der Waals surface area contributed by atoms with Gasteiger partial charge >= 0.3 is 0 Å². The van der Waals surface area contributed by atoms with Gasteiger partial charge in [0, 0.05) is 31.4 Å². The summed E-state index contributed by atoms with van der Waals surface area (Å²) in [6.07, 6.45) is 0. The molecule has 1 aromatic rings. The molecule has 2 rings (SSSR count). The molecule has 1 atom stereocenters. The summed E-state index contributed by atoms with van der Waals surface area (Å²) in [6, 6.07) is 7.28. The molecule has 1 aliphatic rings. The Balaban J connectivity index is 2.14. The molecule has 0 saturated carbocycles. The molecule has 3 heteroatoms. The van der Waals surface area contributed by atoms with Crippen molar-refractivity contribution in [3.63, 3.8) is 0 Å². The van der Waals surface area contributed by atoms with E-state index in [-0.39, 0.29) is 5.82 Å².